The number of hydrogen-bond donors (Lipinski definition) is 1. The van der Waals surface area contributed by atoms with Crippen molar-refractivity contribution in [1.29, 1.82) is 0 Å². The molecule has 0 radical (unpaired) electrons. The number of urea groups is 1. The van der Waals surface area contributed by atoms with E-state index in [1.165, 1.54) is 5.56 Å². The Labute approximate surface area is 218 Å². The summed E-state index contributed by atoms with van der Waals surface area (Å²) in [7, 11) is 1.66. The number of nitrogens with zero attached hydrogens (tertiary/aromatic N) is 3. The lowest BCUT2D eigenvalue weighted by Gasteiger charge is -2.41. The molecular weight excluding hydrogens is 464 g/mol. The summed E-state index contributed by atoms with van der Waals surface area (Å²) >= 11 is 0. The van der Waals surface area contributed by atoms with Gasteiger partial charge in [0.15, 0.2) is 5.75 Å². The third kappa shape index (κ3) is 5.12. The summed E-state index contributed by atoms with van der Waals surface area (Å²) in [5.74, 6) is 3.49. The first kappa shape index (κ1) is 24.7. The Hall–Kier alpha value is -4.00. The van der Waals surface area contributed by atoms with Crippen LogP contribution in [0.1, 0.15) is 43.4 Å². The first-order chi connectivity index (χ1) is 17.8. The summed E-state index contributed by atoms with van der Waals surface area (Å²) in [4.78, 5) is 22.3. The number of carbonyl (C=O) groups is 1. The predicted octanol–water partition coefficient (Wildman–Crippen LogP) is 6.55. The molecule has 2 heterocycles. The number of aryl methyl sites for hydroxylation is 1. The van der Waals surface area contributed by atoms with Gasteiger partial charge in [0.2, 0.25) is 0 Å². The van der Waals surface area contributed by atoms with Crippen LogP contribution in [0.2, 0.25) is 0 Å². The number of fused-ring (bicyclic) bond motifs is 2. The van der Waals surface area contributed by atoms with Crippen LogP contribution >= 0.6 is 0 Å². The Morgan fingerprint density at radius 2 is 1.84 bits per heavy atom. The molecule has 0 aromatic heterocycles. The number of methoxy groups -OCH3 is 1. The van der Waals surface area contributed by atoms with Gasteiger partial charge in [-0.05, 0) is 73.4 Å². The number of rotatable bonds is 3. The van der Waals surface area contributed by atoms with E-state index in [0.29, 0.717) is 25.6 Å². The SMILES string of the molecule is COc1ccc2c(c1)C(N1CCN(C(=O)Nc3ccc(C(C)C)cc3)[C@H](C)C1)=Nc1ccc(C)cc1O2. The minimum Gasteiger partial charge on any atom is -0.497 e. The molecule has 3 aromatic rings. The van der Waals surface area contributed by atoms with Crippen LogP contribution in [0.25, 0.3) is 0 Å². The first-order valence-corrected chi connectivity index (χ1v) is 12.8. The number of ether oxygens (including phenoxy) is 2. The van der Waals surface area contributed by atoms with Crippen molar-refractivity contribution in [3.8, 4) is 17.2 Å². The highest BCUT2D eigenvalue weighted by Gasteiger charge is 2.32. The Morgan fingerprint density at radius 1 is 1.05 bits per heavy atom. The number of benzene rings is 3. The molecule has 3 aromatic carbocycles. The number of anilines is 1. The smallest absolute Gasteiger partial charge is 0.322 e. The minimum absolute atomic E-state index is 0.0119. The first-order valence-electron chi connectivity index (χ1n) is 12.8. The van der Waals surface area contributed by atoms with E-state index < -0.39 is 0 Å². The number of hydrogen-bond acceptors (Lipinski definition) is 5. The van der Waals surface area contributed by atoms with Gasteiger partial charge in [-0.15, -0.1) is 0 Å². The number of nitrogens with one attached hydrogen (secondary N) is 1. The second-order valence-electron chi connectivity index (χ2n) is 10.1. The van der Waals surface area contributed by atoms with E-state index in [-0.39, 0.29) is 12.1 Å². The molecule has 0 bridgehead atoms. The maximum atomic E-state index is 13.1. The van der Waals surface area contributed by atoms with Crippen LogP contribution in [-0.2, 0) is 0 Å². The minimum atomic E-state index is -0.0847. The molecule has 2 amide bonds. The lowest BCUT2D eigenvalue weighted by atomic mass is 10.0. The summed E-state index contributed by atoms with van der Waals surface area (Å²) < 4.78 is 11.8. The Morgan fingerprint density at radius 3 is 2.54 bits per heavy atom. The van der Waals surface area contributed by atoms with Crippen LogP contribution in [0.4, 0.5) is 16.2 Å². The summed E-state index contributed by atoms with van der Waals surface area (Å²) in [5, 5.41) is 3.06. The van der Waals surface area contributed by atoms with Crippen molar-refractivity contribution in [3.05, 3.63) is 77.4 Å². The largest absolute Gasteiger partial charge is 0.497 e. The fraction of sp³-hybridized carbons (Fsp3) is 0.333. The van der Waals surface area contributed by atoms with Gasteiger partial charge in [-0.25, -0.2) is 9.79 Å². The lowest BCUT2D eigenvalue weighted by molar-refractivity contribution is 0.145. The van der Waals surface area contributed by atoms with Gasteiger partial charge in [0.1, 0.15) is 23.0 Å². The van der Waals surface area contributed by atoms with Gasteiger partial charge in [-0.2, -0.15) is 0 Å². The molecule has 7 heteroatoms. The van der Waals surface area contributed by atoms with Crippen LogP contribution in [-0.4, -0.2) is 54.5 Å². The average Bonchev–Trinajstić information content (AvgIpc) is 3.04. The summed E-state index contributed by atoms with van der Waals surface area (Å²) in [6.07, 6.45) is 0. The van der Waals surface area contributed by atoms with E-state index in [9.17, 15) is 4.79 Å². The van der Waals surface area contributed by atoms with Gasteiger partial charge in [-0.1, -0.05) is 32.0 Å². The maximum absolute atomic E-state index is 13.1. The zero-order chi connectivity index (χ0) is 26.1. The fourth-order valence-electron chi connectivity index (χ4n) is 4.83. The van der Waals surface area contributed by atoms with E-state index in [2.05, 4.69) is 43.1 Å². The molecule has 0 spiro atoms. The quantitative estimate of drug-likeness (QED) is 0.445. The van der Waals surface area contributed by atoms with Crippen molar-refractivity contribution in [3.63, 3.8) is 0 Å². The fourth-order valence-corrected chi connectivity index (χ4v) is 4.83. The molecule has 0 unspecified atom stereocenters. The monoisotopic (exact) mass is 498 g/mol. The van der Waals surface area contributed by atoms with Crippen molar-refractivity contribution in [2.24, 2.45) is 4.99 Å². The molecule has 1 saturated heterocycles. The van der Waals surface area contributed by atoms with Gasteiger partial charge in [0.05, 0.1) is 12.7 Å². The van der Waals surface area contributed by atoms with Crippen LogP contribution in [0, 0.1) is 6.92 Å². The molecule has 7 nitrogen and oxygen atoms in total. The van der Waals surface area contributed by atoms with E-state index >= 15 is 0 Å². The second kappa shape index (κ2) is 10.2. The number of piperazine rings is 1. The molecule has 2 aliphatic rings. The number of carbonyl (C=O) groups excluding carboxylic acids is 1. The van der Waals surface area contributed by atoms with E-state index in [1.54, 1.807) is 7.11 Å². The zero-order valence-electron chi connectivity index (χ0n) is 22.1. The second-order valence-corrected chi connectivity index (χ2v) is 10.1. The Balaban J connectivity index is 1.38. The van der Waals surface area contributed by atoms with Gasteiger partial charge in [0, 0.05) is 31.4 Å². The summed E-state index contributed by atoms with van der Waals surface area (Å²) in [6, 6.07) is 19.8. The number of amidine groups is 1. The average molecular weight is 499 g/mol. The van der Waals surface area contributed by atoms with Crippen molar-refractivity contribution in [1.82, 2.24) is 9.80 Å². The van der Waals surface area contributed by atoms with Gasteiger partial charge in [-0.3, -0.25) is 0 Å². The van der Waals surface area contributed by atoms with Crippen molar-refractivity contribution in [2.45, 2.75) is 39.7 Å². The van der Waals surface area contributed by atoms with Gasteiger partial charge in [0.25, 0.3) is 0 Å². The topological polar surface area (TPSA) is 66.4 Å². The van der Waals surface area contributed by atoms with Crippen LogP contribution in [0.3, 0.4) is 0 Å². The molecule has 1 atom stereocenters. The van der Waals surface area contributed by atoms with Gasteiger partial charge >= 0.3 is 6.03 Å². The van der Waals surface area contributed by atoms with Crippen molar-refractivity contribution in [2.75, 3.05) is 32.1 Å². The third-order valence-corrected chi connectivity index (χ3v) is 7.01. The molecule has 1 N–H and O–H groups in total. The molecule has 192 valence electrons. The number of amides is 2. The predicted molar refractivity (Wildman–Crippen MR) is 148 cm³/mol. The third-order valence-electron chi connectivity index (χ3n) is 7.01. The molecule has 0 aliphatic carbocycles. The van der Waals surface area contributed by atoms with Crippen LogP contribution < -0.4 is 14.8 Å². The van der Waals surface area contributed by atoms with E-state index in [1.807, 2.05) is 60.4 Å². The van der Waals surface area contributed by atoms with Crippen LogP contribution in [0.5, 0.6) is 17.2 Å². The lowest BCUT2D eigenvalue weighted by Crippen LogP contribution is -2.56. The highest BCUT2D eigenvalue weighted by molar-refractivity contribution is 6.04. The van der Waals surface area contributed by atoms with Crippen molar-refractivity contribution >= 4 is 23.2 Å². The summed E-state index contributed by atoms with van der Waals surface area (Å²) in [6.45, 7) is 10.3. The van der Waals surface area contributed by atoms with Crippen molar-refractivity contribution < 1.29 is 14.3 Å². The molecule has 2 aliphatic heterocycles. The number of aliphatic imine (C=N–C) groups is 1. The van der Waals surface area contributed by atoms with E-state index in [0.717, 1.165) is 45.6 Å². The molecular formula is C30H34N4O3. The summed E-state index contributed by atoms with van der Waals surface area (Å²) in [5.41, 5.74) is 4.83. The van der Waals surface area contributed by atoms with Crippen LogP contribution in [0.15, 0.2) is 65.7 Å². The Kier molecular flexibility index (Phi) is 6.78. The highest BCUT2D eigenvalue weighted by Crippen LogP contribution is 2.40. The van der Waals surface area contributed by atoms with E-state index in [4.69, 9.17) is 14.5 Å². The zero-order valence-corrected chi connectivity index (χ0v) is 22.1. The standard InChI is InChI=1S/C30H34N4O3/c1-19(2)22-7-9-23(10-8-22)31-30(35)34-15-14-33(18-21(34)4)29-25-17-24(36-5)11-13-27(25)37-28-16-20(3)6-12-26(28)32-29/h6-13,16-17,19,21H,14-15,18H2,1-5H3,(H,31,35)/t21-/m1/s1. The highest BCUT2D eigenvalue weighted by atomic mass is 16.5. The molecule has 1 fully saturated rings. The van der Waals surface area contributed by atoms with Gasteiger partial charge < -0.3 is 24.6 Å². The Bertz CT molecular complexity index is 1330. The maximum Gasteiger partial charge on any atom is 0.322 e. The molecule has 37 heavy (non-hydrogen) atoms. The molecule has 5 rings (SSSR count). The molecule has 0 saturated carbocycles. The normalized spacial score (nSPS) is 16.8.